The van der Waals surface area contributed by atoms with Gasteiger partial charge in [-0.15, -0.1) is 0 Å². The summed E-state index contributed by atoms with van der Waals surface area (Å²) in [6.07, 6.45) is -0.245. The summed E-state index contributed by atoms with van der Waals surface area (Å²) in [6, 6.07) is 4.93. The third-order valence-electron chi connectivity index (χ3n) is 5.18. The molecule has 1 aliphatic rings. The maximum atomic E-state index is 13.0. The Morgan fingerprint density at radius 1 is 0.912 bits per heavy atom. The zero-order valence-electron chi connectivity index (χ0n) is 18.5. The Balaban J connectivity index is 1.90. The highest BCUT2D eigenvalue weighted by atomic mass is 16.5. The molecule has 2 aromatic rings. The van der Waals surface area contributed by atoms with Crippen LogP contribution >= 0.6 is 0 Å². The molecule has 3 N–H and O–H groups in total. The number of amides is 1. The number of benzene rings is 2. The number of aromatic hydroxyl groups is 2. The van der Waals surface area contributed by atoms with Crippen molar-refractivity contribution in [1.29, 1.82) is 0 Å². The molecule has 0 radical (unpaired) electrons. The van der Waals surface area contributed by atoms with Gasteiger partial charge in [0.15, 0.2) is 5.78 Å². The highest BCUT2D eigenvalue weighted by molar-refractivity contribution is 6.30. The lowest BCUT2D eigenvalue weighted by Crippen LogP contribution is -2.42. The Hall–Kier alpha value is -4.21. The van der Waals surface area contributed by atoms with Crippen LogP contribution in [0.25, 0.3) is 0 Å². The Bertz CT molecular complexity index is 1190. The summed E-state index contributed by atoms with van der Waals surface area (Å²) in [4.78, 5) is 62.6. The first-order valence-corrected chi connectivity index (χ1v) is 10.6. The van der Waals surface area contributed by atoms with Gasteiger partial charge in [-0.3, -0.25) is 19.2 Å². The van der Waals surface area contributed by atoms with E-state index in [1.165, 1.54) is 18.2 Å². The standard InChI is InChI=1S/C24H23NO9/c1-3-33-18(28)9-8-15(24(32)34-4-2)25-23(31)12-10-14-20(17(27)11-12)22(30)19-13(21(14)29)6-5-7-16(19)26/h5-7,10-11,15,26-27H,3-4,8-9H2,1-2H3,(H,25,31). The number of esters is 2. The molecule has 34 heavy (non-hydrogen) atoms. The largest absolute Gasteiger partial charge is 0.507 e. The minimum atomic E-state index is -1.19. The van der Waals surface area contributed by atoms with Crippen molar-refractivity contribution < 1.29 is 43.7 Å². The van der Waals surface area contributed by atoms with Crippen LogP contribution in [0.4, 0.5) is 0 Å². The molecule has 0 saturated carbocycles. The van der Waals surface area contributed by atoms with E-state index in [0.717, 1.165) is 12.1 Å². The Labute approximate surface area is 194 Å². The zero-order chi connectivity index (χ0) is 25.0. The molecule has 1 amide bonds. The molecule has 0 fully saturated rings. The fourth-order valence-corrected chi connectivity index (χ4v) is 3.64. The number of hydrogen-bond acceptors (Lipinski definition) is 9. The Kier molecular flexibility index (Phi) is 7.30. The average molecular weight is 469 g/mol. The number of rotatable bonds is 8. The lowest BCUT2D eigenvalue weighted by molar-refractivity contribution is -0.146. The molecular weight excluding hydrogens is 446 g/mol. The average Bonchev–Trinajstić information content (AvgIpc) is 2.79. The van der Waals surface area contributed by atoms with Crippen molar-refractivity contribution in [3.05, 3.63) is 58.1 Å². The molecule has 0 aliphatic heterocycles. The summed E-state index contributed by atoms with van der Waals surface area (Å²) in [5, 5.41) is 22.9. The molecule has 2 aromatic carbocycles. The molecule has 10 nitrogen and oxygen atoms in total. The van der Waals surface area contributed by atoms with E-state index in [2.05, 4.69) is 5.32 Å². The maximum Gasteiger partial charge on any atom is 0.328 e. The molecule has 3 rings (SSSR count). The van der Waals surface area contributed by atoms with Gasteiger partial charge in [0.05, 0.1) is 24.3 Å². The number of nitrogens with one attached hydrogen (secondary N) is 1. The van der Waals surface area contributed by atoms with Gasteiger partial charge in [0.1, 0.15) is 17.5 Å². The molecular formula is C24H23NO9. The van der Waals surface area contributed by atoms with Crippen LogP contribution in [0, 0.1) is 0 Å². The van der Waals surface area contributed by atoms with Crippen molar-refractivity contribution in [2.75, 3.05) is 13.2 Å². The first kappa shape index (κ1) is 24.4. The van der Waals surface area contributed by atoms with Gasteiger partial charge in [-0.1, -0.05) is 12.1 Å². The van der Waals surface area contributed by atoms with Crippen molar-refractivity contribution >= 4 is 29.4 Å². The van der Waals surface area contributed by atoms with Gasteiger partial charge < -0.3 is 25.0 Å². The summed E-state index contributed by atoms with van der Waals surface area (Å²) < 4.78 is 9.79. The normalized spacial score (nSPS) is 12.9. The summed E-state index contributed by atoms with van der Waals surface area (Å²) >= 11 is 0. The second-order valence-electron chi connectivity index (χ2n) is 7.40. The van der Waals surface area contributed by atoms with E-state index in [4.69, 9.17) is 9.47 Å². The second-order valence-corrected chi connectivity index (χ2v) is 7.40. The molecule has 0 saturated heterocycles. The zero-order valence-corrected chi connectivity index (χ0v) is 18.5. The van der Waals surface area contributed by atoms with Gasteiger partial charge in [0.2, 0.25) is 5.78 Å². The van der Waals surface area contributed by atoms with E-state index < -0.39 is 47.0 Å². The topological polar surface area (TPSA) is 156 Å². The van der Waals surface area contributed by atoms with Crippen LogP contribution in [0.3, 0.4) is 0 Å². The highest BCUT2D eigenvalue weighted by Crippen LogP contribution is 2.37. The molecule has 1 unspecified atom stereocenters. The van der Waals surface area contributed by atoms with Crippen LogP contribution < -0.4 is 5.32 Å². The van der Waals surface area contributed by atoms with Gasteiger partial charge in [0.25, 0.3) is 5.91 Å². The van der Waals surface area contributed by atoms with Gasteiger partial charge in [-0.05, 0) is 38.5 Å². The molecule has 1 aliphatic carbocycles. The quantitative estimate of drug-likeness (QED) is 0.419. The molecule has 0 bridgehead atoms. The van der Waals surface area contributed by atoms with E-state index >= 15 is 0 Å². The van der Waals surface area contributed by atoms with Crippen LogP contribution in [0.2, 0.25) is 0 Å². The van der Waals surface area contributed by atoms with Crippen molar-refractivity contribution in [1.82, 2.24) is 5.32 Å². The lowest BCUT2D eigenvalue weighted by atomic mass is 9.82. The SMILES string of the molecule is CCOC(=O)CCC(NC(=O)c1cc(O)c2c(c1)C(=O)c1cccc(O)c1C2=O)C(=O)OCC. The monoisotopic (exact) mass is 469 g/mol. The number of carbonyl (C=O) groups excluding carboxylic acids is 5. The van der Waals surface area contributed by atoms with Gasteiger partial charge >= 0.3 is 11.9 Å². The van der Waals surface area contributed by atoms with E-state index in [0.29, 0.717) is 0 Å². The van der Waals surface area contributed by atoms with Crippen LogP contribution in [0.5, 0.6) is 11.5 Å². The number of carbonyl (C=O) groups is 5. The molecule has 1 atom stereocenters. The number of phenolic OH excluding ortho intramolecular Hbond substituents is 2. The van der Waals surface area contributed by atoms with Crippen molar-refractivity contribution in [2.45, 2.75) is 32.7 Å². The van der Waals surface area contributed by atoms with Crippen molar-refractivity contribution in [3.63, 3.8) is 0 Å². The summed E-state index contributed by atoms with van der Waals surface area (Å²) in [7, 11) is 0. The maximum absolute atomic E-state index is 13.0. The van der Waals surface area contributed by atoms with Crippen LogP contribution in [0.15, 0.2) is 30.3 Å². The third kappa shape index (κ3) is 4.75. The second kappa shape index (κ2) is 10.2. The smallest absolute Gasteiger partial charge is 0.328 e. The molecule has 0 heterocycles. The Morgan fingerprint density at radius 3 is 2.26 bits per heavy atom. The molecule has 178 valence electrons. The van der Waals surface area contributed by atoms with Gasteiger partial charge in [0, 0.05) is 23.1 Å². The number of ketones is 2. The minimum Gasteiger partial charge on any atom is -0.507 e. The van der Waals surface area contributed by atoms with Gasteiger partial charge in [-0.25, -0.2) is 4.79 Å². The fraction of sp³-hybridized carbons (Fsp3) is 0.292. The summed E-state index contributed by atoms with van der Waals surface area (Å²) in [5.41, 5.74) is -1.03. The first-order valence-electron chi connectivity index (χ1n) is 10.6. The van der Waals surface area contributed by atoms with E-state index in [1.807, 2.05) is 0 Å². The van der Waals surface area contributed by atoms with Crippen molar-refractivity contribution in [3.8, 4) is 11.5 Å². The first-order chi connectivity index (χ1) is 16.2. The predicted molar refractivity (Wildman–Crippen MR) is 117 cm³/mol. The molecule has 0 aromatic heterocycles. The van der Waals surface area contributed by atoms with Crippen LogP contribution in [-0.4, -0.2) is 58.9 Å². The highest BCUT2D eigenvalue weighted by Gasteiger charge is 2.35. The van der Waals surface area contributed by atoms with Crippen LogP contribution in [-0.2, 0) is 19.1 Å². The Morgan fingerprint density at radius 2 is 1.59 bits per heavy atom. The predicted octanol–water partition coefficient (Wildman–Crippen LogP) is 1.88. The van der Waals surface area contributed by atoms with Crippen LogP contribution in [0.1, 0.15) is 68.9 Å². The molecule has 0 spiro atoms. The summed E-state index contributed by atoms with van der Waals surface area (Å²) in [5.74, 6) is -4.60. The number of ether oxygens (including phenoxy) is 2. The lowest BCUT2D eigenvalue weighted by Gasteiger charge is -2.21. The van der Waals surface area contributed by atoms with E-state index in [1.54, 1.807) is 13.8 Å². The van der Waals surface area contributed by atoms with Crippen molar-refractivity contribution in [2.24, 2.45) is 0 Å². The van der Waals surface area contributed by atoms with E-state index in [-0.39, 0.29) is 53.9 Å². The third-order valence-corrected chi connectivity index (χ3v) is 5.18. The summed E-state index contributed by atoms with van der Waals surface area (Å²) in [6.45, 7) is 3.43. The molecule has 10 heteroatoms. The van der Waals surface area contributed by atoms with Gasteiger partial charge in [-0.2, -0.15) is 0 Å². The number of phenols is 2. The minimum absolute atomic E-state index is 0.0487. The number of fused-ring (bicyclic) bond motifs is 2. The number of hydrogen-bond donors (Lipinski definition) is 3. The van der Waals surface area contributed by atoms with E-state index in [9.17, 15) is 34.2 Å². The fourth-order valence-electron chi connectivity index (χ4n) is 3.64.